The number of nitrogens with two attached hydrogens (primary N) is 1. The van der Waals surface area contributed by atoms with Gasteiger partial charge in [0.15, 0.2) is 5.76 Å². The predicted octanol–water partition coefficient (Wildman–Crippen LogP) is 4.57. The average molecular weight is 377 g/mol. The SMILES string of the molecule is COc1ccc(CC[NH2+]Cc2ccc(-c3cc(Cl)cc(Cl)c3)o2)cc1. The number of hydrogen-bond donors (Lipinski definition) is 1. The Hall–Kier alpha value is -1.94. The lowest BCUT2D eigenvalue weighted by Gasteiger charge is -2.03. The molecule has 0 bridgehead atoms. The van der Waals surface area contributed by atoms with Crippen LogP contribution in [-0.4, -0.2) is 13.7 Å². The summed E-state index contributed by atoms with van der Waals surface area (Å²) in [7, 11) is 1.68. The first-order valence-electron chi connectivity index (χ1n) is 8.14. The van der Waals surface area contributed by atoms with Crippen LogP contribution in [0.4, 0.5) is 0 Å². The normalized spacial score (nSPS) is 10.8. The van der Waals surface area contributed by atoms with Crippen LogP contribution in [-0.2, 0) is 13.0 Å². The number of ether oxygens (including phenoxy) is 1. The van der Waals surface area contributed by atoms with Crippen LogP contribution in [0.1, 0.15) is 11.3 Å². The van der Waals surface area contributed by atoms with Crippen molar-refractivity contribution < 1.29 is 14.5 Å². The first-order chi connectivity index (χ1) is 12.1. The minimum absolute atomic E-state index is 0.603. The maximum atomic E-state index is 6.05. The van der Waals surface area contributed by atoms with Crippen molar-refractivity contribution in [1.82, 2.24) is 0 Å². The van der Waals surface area contributed by atoms with Gasteiger partial charge >= 0.3 is 0 Å². The molecule has 0 atom stereocenters. The monoisotopic (exact) mass is 376 g/mol. The molecule has 3 nitrogen and oxygen atoms in total. The molecule has 0 aliphatic heterocycles. The maximum absolute atomic E-state index is 6.05. The van der Waals surface area contributed by atoms with Gasteiger partial charge < -0.3 is 14.5 Å². The number of benzene rings is 2. The largest absolute Gasteiger partial charge is 0.497 e. The van der Waals surface area contributed by atoms with E-state index < -0.39 is 0 Å². The molecule has 1 heterocycles. The third-order valence-corrected chi connectivity index (χ3v) is 4.39. The first-order valence-corrected chi connectivity index (χ1v) is 8.89. The van der Waals surface area contributed by atoms with Gasteiger partial charge in [0.25, 0.3) is 0 Å². The third kappa shape index (κ3) is 5.02. The van der Waals surface area contributed by atoms with Gasteiger partial charge in [0.2, 0.25) is 0 Å². The van der Waals surface area contributed by atoms with Gasteiger partial charge in [-0.2, -0.15) is 0 Å². The van der Waals surface area contributed by atoms with E-state index in [9.17, 15) is 0 Å². The predicted molar refractivity (Wildman–Crippen MR) is 101 cm³/mol. The fourth-order valence-electron chi connectivity index (χ4n) is 2.64. The highest BCUT2D eigenvalue weighted by Gasteiger charge is 2.08. The van der Waals surface area contributed by atoms with Crippen LogP contribution in [0.3, 0.4) is 0 Å². The molecule has 25 heavy (non-hydrogen) atoms. The van der Waals surface area contributed by atoms with Crippen molar-refractivity contribution in [3.05, 3.63) is 76.0 Å². The van der Waals surface area contributed by atoms with Crippen molar-refractivity contribution in [3.63, 3.8) is 0 Å². The average Bonchev–Trinajstić information content (AvgIpc) is 3.07. The van der Waals surface area contributed by atoms with Gasteiger partial charge in [0.1, 0.15) is 18.1 Å². The highest BCUT2D eigenvalue weighted by atomic mass is 35.5. The molecule has 0 amide bonds. The van der Waals surface area contributed by atoms with E-state index >= 15 is 0 Å². The van der Waals surface area contributed by atoms with E-state index in [0.29, 0.717) is 10.0 Å². The Balaban J connectivity index is 1.51. The third-order valence-electron chi connectivity index (χ3n) is 3.95. The number of halogens is 2. The second kappa shape index (κ2) is 8.43. The minimum atomic E-state index is 0.603. The standard InChI is InChI=1S/C20H19Cl2NO2/c1-24-18-4-2-14(3-5-18)8-9-23-13-19-6-7-20(25-19)15-10-16(21)12-17(22)11-15/h2-7,10-12,23H,8-9,13H2,1H3/p+1. The summed E-state index contributed by atoms with van der Waals surface area (Å²) in [5.41, 5.74) is 2.19. The molecule has 3 rings (SSSR count). The Morgan fingerprint density at radius 3 is 2.36 bits per heavy atom. The van der Waals surface area contributed by atoms with Crippen molar-refractivity contribution in [2.75, 3.05) is 13.7 Å². The molecule has 130 valence electrons. The van der Waals surface area contributed by atoms with E-state index in [4.69, 9.17) is 32.4 Å². The van der Waals surface area contributed by atoms with E-state index in [1.807, 2.05) is 36.4 Å². The van der Waals surface area contributed by atoms with Crippen LogP contribution in [0.2, 0.25) is 10.0 Å². The number of methoxy groups -OCH3 is 1. The molecule has 0 aliphatic rings. The quantitative estimate of drug-likeness (QED) is 0.613. The Labute approximate surface area is 157 Å². The van der Waals surface area contributed by atoms with Gasteiger partial charge in [-0.15, -0.1) is 0 Å². The molecule has 0 radical (unpaired) electrons. The Morgan fingerprint density at radius 2 is 1.68 bits per heavy atom. The van der Waals surface area contributed by atoms with Gasteiger partial charge in [-0.3, -0.25) is 0 Å². The Bertz CT molecular complexity index is 808. The number of rotatable bonds is 7. The molecule has 5 heteroatoms. The van der Waals surface area contributed by atoms with Gasteiger partial charge in [-0.1, -0.05) is 35.3 Å². The smallest absolute Gasteiger partial charge is 0.158 e. The van der Waals surface area contributed by atoms with Crippen molar-refractivity contribution in [1.29, 1.82) is 0 Å². The lowest BCUT2D eigenvalue weighted by Crippen LogP contribution is -2.83. The van der Waals surface area contributed by atoms with Crippen LogP contribution in [0.15, 0.2) is 59.0 Å². The topological polar surface area (TPSA) is 39.0 Å². The highest BCUT2D eigenvalue weighted by molar-refractivity contribution is 6.35. The fraction of sp³-hybridized carbons (Fsp3) is 0.200. The molecule has 0 unspecified atom stereocenters. The minimum Gasteiger partial charge on any atom is -0.497 e. The van der Waals surface area contributed by atoms with Gasteiger partial charge in [-0.25, -0.2) is 0 Å². The Morgan fingerprint density at radius 1 is 0.960 bits per heavy atom. The highest BCUT2D eigenvalue weighted by Crippen LogP contribution is 2.28. The van der Waals surface area contributed by atoms with E-state index in [-0.39, 0.29) is 0 Å². The van der Waals surface area contributed by atoms with Crippen molar-refractivity contribution in [2.45, 2.75) is 13.0 Å². The molecule has 0 saturated heterocycles. The molecule has 3 aromatic rings. The van der Waals surface area contributed by atoms with E-state index in [1.54, 1.807) is 13.2 Å². The molecule has 1 aromatic heterocycles. The summed E-state index contributed by atoms with van der Waals surface area (Å²) in [5, 5.41) is 3.44. The van der Waals surface area contributed by atoms with Gasteiger partial charge in [-0.05, 0) is 48.0 Å². The van der Waals surface area contributed by atoms with Crippen LogP contribution in [0, 0.1) is 0 Å². The lowest BCUT2D eigenvalue weighted by molar-refractivity contribution is -0.671. The summed E-state index contributed by atoms with van der Waals surface area (Å²) in [6, 6.07) is 17.5. The zero-order valence-corrected chi connectivity index (χ0v) is 15.5. The van der Waals surface area contributed by atoms with Crippen molar-refractivity contribution in [3.8, 4) is 17.1 Å². The zero-order valence-electron chi connectivity index (χ0n) is 14.0. The number of quaternary nitrogens is 1. The molecule has 2 N–H and O–H groups in total. The zero-order chi connectivity index (χ0) is 17.6. The van der Waals surface area contributed by atoms with E-state index in [2.05, 4.69) is 17.4 Å². The number of hydrogen-bond acceptors (Lipinski definition) is 2. The van der Waals surface area contributed by atoms with Crippen LogP contribution < -0.4 is 10.1 Å². The molecule has 0 aliphatic carbocycles. The summed E-state index contributed by atoms with van der Waals surface area (Å²) in [4.78, 5) is 0. The van der Waals surface area contributed by atoms with Crippen molar-refractivity contribution >= 4 is 23.2 Å². The molecular formula is C20H20Cl2NO2+. The molecular weight excluding hydrogens is 357 g/mol. The van der Waals surface area contributed by atoms with Crippen LogP contribution >= 0.6 is 23.2 Å². The van der Waals surface area contributed by atoms with Gasteiger partial charge in [0.05, 0.1) is 13.7 Å². The molecule has 0 saturated carbocycles. The van der Waals surface area contributed by atoms with Crippen LogP contribution in [0.25, 0.3) is 11.3 Å². The van der Waals surface area contributed by atoms with E-state index in [0.717, 1.165) is 42.3 Å². The summed E-state index contributed by atoms with van der Waals surface area (Å²) in [6.07, 6.45) is 1.00. The first kappa shape index (κ1) is 17.9. The van der Waals surface area contributed by atoms with Crippen molar-refractivity contribution in [2.24, 2.45) is 0 Å². The molecule has 0 spiro atoms. The van der Waals surface area contributed by atoms with Crippen LogP contribution in [0.5, 0.6) is 5.75 Å². The second-order valence-electron chi connectivity index (χ2n) is 5.80. The van der Waals surface area contributed by atoms with Gasteiger partial charge in [0, 0.05) is 22.0 Å². The molecule has 0 fully saturated rings. The van der Waals surface area contributed by atoms with E-state index in [1.165, 1.54) is 5.56 Å². The summed E-state index contributed by atoms with van der Waals surface area (Å²) in [6.45, 7) is 1.79. The fourth-order valence-corrected chi connectivity index (χ4v) is 3.17. The number of furan rings is 1. The lowest BCUT2D eigenvalue weighted by atomic mass is 10.1. The summed E-state index contributed by atoms with van der Waals surface area (Å²) in [5.74, 6) is 2.60. The Kier molecular flexibility index (Phi) is 6.03. The molecule has 2 aromatic carbocycles. The maximum Gasteiger partial charge on any atom is 0.158 e. The summed E-state index contributed by atoms with van der Waals surface area (Å²) >= 11 is 12.1. The second-order valence-corrected chi connectivity index (χ2v) is 6.68. The summed E-state index contributed by atoms with van der Waals surface area (Å²) < 4.78 is 11.1.